The number of aromatic nitrogens is 2. The smallest absolute Gasteiger partial charge is 0.247 e. The average molecular weight is 286 g/mol. The van der Waals surface area contributed by atoms with Crippen molar-refractivity contribution in [3.8, 4) is 11.5 Å². The SMILES string of the molecule is Cc1cccc(-c2nnc(CN3CC(C)NC(C)C3)o2)c1. The molecule has 2 aromatic rings. The number of piperazine rings is 1. The molecule has 0 radical (unpaired) electrons. The molecule has 0 aliphatic carbocycles. The molecule has 5 heteroatoms. The molecule has 1 aliphatic heterocycles. The Kier molecular flexibility index (Phi) is 4.03. The van der Waals surface area contributed by atoms with Gasteiger partial charge in [0.05, 0.1) is 6.54 Å². The molecule has 112 valence electrons. The van der Waals surface area contributed by atoms with Crippen molar-refractivity contribution >= 4 is 0 Å². The number of aryl methyl sites for hydroxylation is 1. The zero-order valence-corrected chi connectivity index (χ0v) is 12.8. The van der Waals surface area contributed by atoms with Crippen LogP contribution in [0.25, 0.3) is 11.5 Å². The molecule has 0 bridgehead atoms. The first-order valence-corrected chi connectivity index (χ1v) is 7.48. The molecule has 2 unspecified atom stereocenters. The van der Waals surface area contributed by atoms with Crippen molar-refractivity contribution in [3.63, 3.8) is 0 Å². The van der Waals surface area contributed by atoms with E-state index in [0.717, 1.165) is 25.2 Å². The van der Waals surface area contributed by atoms with Crippen molar-refractivity contribution in [3.05, 3.63) is 35.7 Å². The minimum atomic E-state index is 0.493. The van der Waals surface area contributed by atoms with Crippen molar-refractivity contribution in [1.82, 2.24) is 20.4 Å². The minimum Gasteiger partial charge on any atom is -0.419 e. The number of hydrogen-bond acceptors (Lipinski definition) is 5. The first-order valence-electron chi connectivity index (χ1n) is 7.48. The lowest BCUT2D eigenvalue weighted by molar-refractivity contribution is 0.154. The topological polar surface area (TPSA) is 54.2 Å². The fourth-order valence-electron chi connectivity index (χ4n) is 2.97. The zero-order valence-electron chi connectivity index (χ0n) is 12.8. The molecule has 5 nitrogen and oxygen atoms in total. The highest BCUT2D eigenvalue weighted by Crippen LogP contribution is 2.19. The third-order valence-corrected chi connectivity index (χ3v) is 3.72. The van der Waals surface area contributed by atoms with E-state index in [1.807, 2.05) is 12.1 Å². The first kappa shape index (κ1) is 14.2. The molecule has 2 heterocycles. The fraction of sp³-hybridized carbons (Fsp3) is 0.500. The summed E-state index contributed by atoms with van der Waals surface area (Å²) < 4.78 is 5.81. The van der Waals surface area contributed by atoms with Crippen molar-refractivity contribution in [2.45, 2.75) is 39.4 Å². The molecule has 0 amide bonds. The van der Waals surface area contributed by atoms with Gasteiger partial charge in [0.2, 0.25) is 11.8 Å². The van der Waals surface area contributed by atoms with Crippen LogP contribution in [0.1, 0.15) is 25.3 Å². The Morgan fingerprint density at radius 1 is 1.24 bits per heavy atom. The van der Waals surface area contributed by atoms with E-state index in [9.17, 15) is 0 Å². The van der Waals surface area contributed by atoms with Crippen molar-refractivity contribution in [2.24, 2.45) is 0 Å². The van der Waals surface area contributed by atoms with Crippen LogP contribution >= 0.6 is 0 Å². The second-order valence-corrected chi connectivity index (χ2v) is 6.03. The van der Waals surface area contributed by atoms with E-state index in [0.29, 0.717) is 23.9 Å². The number of nitrogens with zero attached hydrogens (tertiary/aromatic N) is 3. The van der Waals surface area contributed by atoms with Crippen molar-refractivity contribution in [2.75, 3.05) is 13.1 Å². The van der Waals surface area contributed by atoms with Crippen LogP contribution in [0.15, 0.2) is 28.7 Å². The molecule has 1 aromatic carbocycles. The molecule has 1 aromatic heterocycles. The summed E-state index contributed by atoms with van der Waals surface area (Å²) in [4.78, 5) is 2.36. The number of hydrogen-bond donors (Lipinski definition) is 1. The van der Waals surface area contributed by atoms with Gasteiger partial charge in [-0.3, -0.25) is 4.90 Å². The maximum atomic E-state index is 5.81. The lowest BCUT2D eigenvalue weighted by atomic mass is 10.1. The molecule has 3 rings (SSSR count). The van der Waals surface area contributed by atoms with E-state index >= 15 is 0 Å². The van der Waals surface area contributed by atoms with Gasteiger partial charge in [0.15, 0.2) is 0 Å². The number of benzene rings is 1. The van der Waals surface area contributed by atoms with Crippen LogP contribution in [0.4, 0.5) is 0 Å². The standard InChI is InChI=1S/C16H22N4O/c1-11-5-4-6-14(7-11)16-19-18-15(21-16)10-20-8-12(2)17-13(3)9-20/h4-7,12-13,17H,8-10H2,1-3H3. The summed E-state index contributed by atoms with van der Waals surface area (Å²) in [6.07, 6.45) is 0. The summed E-state index contributed by atoms with van der Waals surface area (Å²) in [5.74, 6) is 1.29. The molecule has 0 spiro atoms. The van der Waals surface area contributed by atoms with Gasteiger partial charge < -0.3 is 9.73 Å². The largest absolute Gasteiger partial charge is 0.419 e. The summed E-state index contributed by atoms with van der Waals surface area (Å²) >= 11 is 0. The van der Waals surface area contributed by atoms with Crippen LogP contribution in [0.5, 0.6) is 0 Å². The lowest BCUT2D eigenvalue weighted by Gasteiger charge is -2.35. The summed E-state index contributed by atoms with van der Waals surface area (Å²) in [5.41, 5.74) is 2.17. The predicted molar refractivity (Wildman–Crippen MR) is 81.8 cm³/mol. The highest BCUT2D eigenvalue weighted by atomic mass is 16.4. The Morgan fingerprint density at radius 3 is 2.71 bits per heavy atom. The summed E-state index contributed by atoms with van der Waals surface area (Å²) in [5, 5.41) is 11.9. The van der Waals surface area contributed by atoms with Crippen LogP contribution < -0.4 is 5.32 Å². The lowest BCUT2D eigenvalue weighted by Crippen LogP contribution is -2.53. The van der Waals surface area contributed by atoms with Gasteiger partial charge >= 0.3 is 0 Å². The molecular formula is C16H22N4O. The summed E-state index contributed by atoms with van der Waals surface area (Å²) in [6.45, 7) is 9.20. The third-order valence-electron chi connectivity index (χ3n) is 3.72. The van der Waals surface area contributed by atoms with E-state index in [1.165, 1.54) is 5.56 Å². The monoisotopic (exact) mass is 286 g/mol. The Hall–Kier alpha value is -1.72. The second kappa shape index (κ2) is 5.95. The average Bonchev–Trinajstić information content (AvgIpc) is 2.86. The normalized spacial score (nSPS) is 23.4. The summed E-state index contributed by atoms with van der Waals surface area (Å²) in [7, 11) is 0. The highest BCUT2D eigenvalue weighted by molar-refractivity contribution is 5.53. The van der Waals surface area contributed by atoms with Crippen LogP contribution in [-0.2, 0) is 6.54 Å². The fourth-order valence-corrected chi connectivity index (χ4v) is 2.97. The molecule has 1 aliphatic rings. The first-order chi connectivity index (χ1) is 10.1. The Morgan fingerprint density at radius 2 is 2.00 bits per heavy atom. The van der Waals surface area contributed by atoms with Crippen LogP contribution in [0.2, 0.25) is 0 Å². The molecule has 0 saturated carbocycles. The maximum absolute atomic E-state index is 5.81. The van der Waals surface area contributed by atoms with E-state index < -0.39 is 0 Å². The predicted octanol–water partition coefficient (Wildman–Crippen LogP) is 2.23. The van der Waals surface area contributed by atoms with E-state index in [2.05, 4.69) is 53.3 Å². The van der Waals surface area contributed by atoms with Crippen molar-refractivity contribution < 1.29 is 4.42 Å². The van der Waals surface area contributed by atoms with Crippen LogP contribution in [-0.4, -0.2) is 40.3 Å². The van der Waals surface area contributed by atoms with Crippen LogP contribution in [0, 0.1) is 6.92 Å². The highest BCUT2D eigenvalue weighted by Gasteiger charge is 2.22. The van der Waals surface area contributed by atoms with Crippen molar-refractivity contribution in [1.29, 1.82) is 0 Å². The van der Waals surface area contributed by atoms with Gasteiger partial charge in [-0.1, -0.05) is 17.7 Å². The molecule has 1 saturated heterocycles. The van der Waals surface area contributed by atoms with Gasteiger partial charge in [0.1, 0.15) is 0 Å². The van der Waals surface area contributed by atoms with E-state index in [-0.39, 0.29) is 0 Å². The zero-order chi connectivity index (χ0) is 14.8. The Balaban J connectivity index is 1.70. The molecule has 1 fully saturated rings. The van der Waals surface area contributed by atoms with Gasteiger partial charge in [0.25, 0.3) is 0 Å². The van der Waals surface area contributed by atoms with Gasteiger partial charge in [-0.15, -0.1) is 10.2 Å². The molecule has 1 N–H and O–H groups in total. The van der Waals surface area contributed by atoms with Gasteiger partial charge in [-0.2, -0.15) is 0 Å². The van der Waals surface area contributed by atoms with Gasteiger partial charge in [-0.05, 0) is 32.9 Å². The Labute approximate surface area is 125 Å². The maximum Gasteiger partial charge on any atom is 0.247 e. The molecule has 2 atom stereocenters. The van der Waals surface area contributed by atoms with Gasteiger partial charge in [0, 0.05) is 30.7 Å². The number of nitrogens with one attached hydrogen (secondary N) is 1. The van der Waals surface area contributed by atoms with E-state index in [4.69, 9.17) is 4.42 Å². The quantitative estimate of drug-likeness (QED) is 0.937. The molecule has 21 heavy (non-hydrogen) atoms. The van der Waals surface area contributed by atoms with Gasteiger partial charge in [-0.25, -0.2) is 0 Å². The third kappa shape index (κ3) is 3.49. The van der Waals surface area contributed by atoms with Crippen LogP contribution in [0.3, 0.4) is 0 Å². The molecular weight excluding hydrogens is 264 g/mol. The number of rotatable bonds is 3. The second-order valence-electron chi connectivity index (χ2n) is 6.03. The minimum absolute atomic E-state index is 0.493. The van der Waals surface area contributed by atoms with E-state index in [1.54, 1.807) is 0 Å². The Bertz CT molecular complexity index is 600. The summed E-state index contributed by atoms with van der Waals surface area (Å²) in [6, 6.07) is 9.12.